The minimum absolute atomic E-state index is 0.161. The summed E-state index contributed by atoms with van der Waals surface area (Å²) in [5.74, 6) is -1.28. The summed E-state index contributed by atoms with van der Waals surface area (Å²) >= 11 is 0. The first-order valence-electron chi connectivity index (χ1n) is 7.02. The lowest BCUT2D eigenvalue weighted by Crippen LogP contribution is -2.18. The van der Waals surface area contributed by atoms with E-state index in [4.69, 9.17) is 10.9 Å². The molecule has 0 atom stereocenters. The highest BCUT2D eigenvalue weighted by molar-refractivity contribution is 6.05. The van der Waals surface area contributed by atoms with Crippen molar-refractivity contribution in [2.45, 2.75) is 6.92 Å². The molecule has 0 bridgehead atoms. The molecule has 2 aromatic heterocycles. The second kappa shape index (κ2) is 5.99. The van der Waals surface area contributed by atoms with E-state index in [0.717, 1.165) is 6.07 Å². The molecule has 0 aliphatic carbocycles. The molecule has 0 aliphatic heterocycles. The number of oxime groups is 1. The van der Waals surface area contributed by atoms with E-state index in [1.165, 1.54) is 19.2 Å². The smallest absolute Gasteiger partial charge is 0.274 e. The highest BCUT2D eigenvalue weighted by Crippen LogP contribution is 2.21. The van der Waals surface area contributed by atoms with Gasteiger partial charge in [0.2, 0.25) is 0 Å². The highest BCUT2D eigenvalue weighted by atomic mass is 19.1. The number of amidine groups is 1. The van der Waals surface area contributed by atoms with Crippen molar-refractivity contribution in [1.82, 2.24) is 9.38 Å². The van der Waals surface area contributed by atoms with Crippen LogP contribution in [-0.4, -0.2) is 26.3 Å². The number of aromatic nitrogens is 2. The van der Waals surface area contributed by atoms with E-state index in [0.29, 0.717) is 11.3 Å². The van der Waals surface area contributed by atoms with Gasteiger partial charge < -0.3 is 16.3 Å². The zero-order valence-electron chi connectivity index (χ0n) is 12.7. The van der Waals surface area contributed by atoms with Gasteiger partial charge in [0.15, 0.2) is 5.84 Å². The van der Waals surface area contributed by atoms with Gasteiger partial charge in [0.25, 0.3) is 5.91 Å². The van der Waals surface area contributed by atoms with Crippen molar-refractivity contribution in [1.29, 1.82) is 0 Å². The zero-order chi connectivity index (χ0) is 17.3. The van der Waals surface area contributed by atoms with E-state index in [1.807, 2.05) is 6.07 Å². The van der Waals surface area contributed by atoms with Crippen LogP contribution in [0.25, 0.3) is 5.65 Å². The van der Waals surface area contributed by atoms with Crippen LogP contribution in [0, 0.1) is 12.7 Å². The van der Waals surface area contributed by atoms with Gasteiger partial charge in [-0.2, -0.15) is 0 Å². The van der Waals surface area contributed by atoms with Crippen LogP contribution in [0.3, 0.4) is 0 Å². The van der Waals surface area contributed by atoms with Crippen molar-refractivity contribution < 1.29 is 14.4 Å². The van der Waals surface area contributed by atoms with Crippen molar-refractivity contribution in [3.8, 4) is 0 Å². The van der Waals surface area contributed by atoms with Crippen LogP contribution in [0.15, 0.2) is 47.9 Å². The molecule has 0 saturated carbocycles. The summed E-state index contributed by atoms with van der Waals surface area (Å²) in [5, 5.41) is 14.2. The number of rotatable bonds is 3. The molecule has 3 rings (SSSR count). The Hall–Kier alpha value is -3.42. The van der Waals surface area contributed by atoms with Gasteiger partial charge in [-0.05, 0) is 31.2 Å². The van der Waals surface area contributed by atoms with Crippen molar-refractivity contribution in [2.24, 2.45) is 10.9 Å². The summed E-state index contributed by atoms with van der Waals surface area (Å²) in [6, 6.07) is 7.92. The highest BCUT2D eigenvalue weighted by Gasteiger charge is 2.16. The number of benzene rings is 1. The molecule has 7 nitrogen and oxygen atoms in total. The average Bonchev–Trinajstić information content (AvgIpc) is 3.02. The average molecular weight is 327 g/mol. The topological polar surface area (TPSA) is 105 Å². The molecule has 0 aliphatic rings. The summed E-state index contributed by atoms with van der Waals surface area (Å²) in [6.07, 6.45) is 3.14. The SMILES string of the molecule is Cc1c(F)cc(/C(N)=N/O)cc1NC(=O)c1cnc2ccccn12. The fourth-order valence-corrected chi connectivity index (χ4v) is 2.30. The molecule has 1 aromatic carbocycles. The van der Waals surface area contributed by atoms with Crippen molar-refractivity contribution in [3.05, 3.63) is 65.4 Å². The third-order valence-electron chi connectivity index (χ3n) is 3.65. The van der Waals surface area contributed by atoms with E-state index in [-0.39, 0.29) is 22.6 Å². The Kier molecular flexibility index (Phi) is 3.87. The number of hydrogen-bond donors (Lipinski definition) is 3. The summed E-state index contributed by atoms with van der Waals surface area (Å²) in [5.41, 5.74) is 7.05. The molecule has 0 radical (unpaired) electrons. The quantitative estimate of drug-likeness (QED) is 0.296. The molecule has 2 heterocycles. The van der Waals surface area contributed by atoms with E-state index < -0.39 is 11.7 Å². The number of carbonyl (C=O) groups excluding carboxylic acids is 1. The molecule has 24 heavy (non-hydrogen) atoms. The number of nitrogens with one attached hydrogen (secondary N) is 1. The Morgan fingerprint density at radius 2 is 2.21 bits per heavy atom. The minimum Gasteiger partial charge on any atom is -0.409 e. The fraction of sp³-hybridized carbons (Fsp3) is 0.0625. The number of amides is 1. The second-order valence-electron chi connectivity index (χ2n) is 5.14. The number of anilines is 1. The molecular formula is C16H14FN5O2. The predicted molar refractivity (Wildman–Crippen MR) is 86.8 cm³/mol. The number of hydrogen-bond acceptors (Lipinski definition) is 4. The molecule has 0 unspecified atom stereocenters. The molecular weight excluding hydrogens is 313 g/mol. The van der Waals surface area contributed by atoms with Gasteiger partial charge in [-0.1, -0.05) is 11.2 Å². The minimum atomic E-state index is -0.576. The maximum atomic E-state index is 14.0. The summed E-state index contributed by atoms with van der Waals surface area (Å²) in [6.45, 7) is 1.52. The van der Waals surface area contributed by atoms with Crippen LogP contribution in [0.2, 0.25) is 0 Å². The van der Waals surface area contributed by atoms with Gasteiger partial charge in [0.1, 0.15) is 17.2 Å². The normalized spacial score (nSPS) is 11.7. The lowest BCUT2D eigenvalue weighted by Gasteiger charge is -2.11. The molecule has 0 spiro atoms. The first-order chi connectivity index (χ1) is 11.5. The Labute approximate surface area is 136 Å². The van der Waals surface area contributed by atoms with Gasteiger partial charge in [0, 0.05) is 23.0 Å². The number of carbonyl (C=O) groups is 1. The van der Waals surface area contributed by atoms with E-state index in [2.05, 4.69) is 15.5 Å². The van der Waals surface area contributed by atoms with E-state index >= 15 is 0 Å². The number of nitrogens with zero attached hydrogens (tertiary/aromatic N) is 3. The van der Waals surface area contributed by atoms with Crippen LogP contribution in [0.1, 0.15) is 21.6 Å². The molecule has 8 heteroatoms. The first kappa shape index (κ1) is 15.5. The van der Waals surface area contributed by atoms with Crippen LogP contribution in [0.5, 0.6) is 0 Å². The van der Waals surface area contributed by atoms with E-state index in [1.54, 1.807) is 22.7 Å². The number of nitrogens with two attached hydrogens (primary N) is 1. The number of imidazole rings is 1. The largest absolute Gasteiger partial charge is 0.409 e. The van der Waals surface area contributed by atoms with Gasteiger partial charge in [-0.15, -0.1) is 0 Å². The zero-order valence-corrected chi connectivity index (χ0v) is 12.7. The molecule has 4 N–H and O–H groups in total. The lowest BCUT2D eigenvalue weighted by atomic mass is 10.1. The van der Waals surface area contributed by atoms with Crippen molar-refractivity contribution in [2.75, 3.05) is 5.32 Å². The number of halogens is 1. The molecule has 0 saturated heterocycles. The summed E-state index contributed by atoms with van der Waals surface area (Å²) in [4.78, 5) is 16.6. The van der Waals surface area contributed by atoms with Gasteiger partial charge in [0.05, 0.1) is 6.20 Å². The Morgan fingerprint density at radius 3 is 2.96 bits per heavy atom. The van der Waals surface area contributed by atoms with Gasteiger partial charge in [-0.3, -0.25) is 9.20 Å². The predicted octanol–water partition coefficient (Wildman–Crippen LogP) is 2.13. The van der Waals surface area contributed by atoms with Crippen molar-refractivity contribution >= 4 is 23.1 Å². The lowest BCUT2D eigenvalue weighted by molar-refractivity contribution is 0.102. The second-order valence-corrected chi connectivity index (χ2v) is 5.14. The third-order valence-corrected chi connectivity index (χ3v) is 3.65. The third kappa shape index (κ3) is 2.65. The maximum absolute atomic E-state index is 14.0. The summed E-state index contributed by atoms with van der Waals surface area (Å²) in [7, 11) is 0. The molecule has 122 valence electrons. The molecule has 1 amide bonds. The van der Waals surface area contributed by atoms with Gasteiger partial charge in [-0.25, -0.2) is 9.37 Å². The van der Waals surface area contributed by atoms with Crippen LogP contribution in [0.4, 0.5) is 10.1 Å². The monoisotopic (exact) mass is 327 g/mol. The first-order valence-corrected chi connectivity index (χ1v) is 7.02. The number of pyridine rings is 1. The van der Waals surface area contributed by atoms with E-state index in [9.17, 15) is 9.18 Å². The number of fused-ring (bicyclic) bond motifs is 1. The van der Waals surface area contributed by atoms with Gasteiger partial charge >= 0.3 is 0 Å². The van der Waals surface area contributed by atoms with Crippen LogP contribution >= 0.6 is 0 Å². The fourth-order valence-electron chi connectivity index (χ4n) is 2.30. The Balaban J connectivity index is 1.98. The maximum Gasteiger partial charge on any atom is 0.274 e. The molecule has 0 fully saturated rings. The molecule has 3 aromatic rings. The Morgan fingerprint density at radius 1 is 1.42 bits per heavy atom. The van der Waals surface area contributed by atoms with Crippen LogP contribution in [-0.2, 0) is 0 Å². The summed E-state index contributed by atoms with van der Waals surface area (Å²) < 4.78 is 15.6. The Bertz CT molecular complexity index is 964. The van der Waals surface area contributed by atoms with Crippen molar-refractivity contribution in [3.63, 3.8) is 0 Å². The standard InChI is InChI=1S/C16H14FN5O2/c1-9-11(17)6-10(15(18)21-24)7-12(9)20-16(23)13-8-19-14-4-2-3-5-22(13)14/h2-8,24H,1H3,(H2,18,21)(H,20,23). The van der Waals surface area contributed by atoms with Crippen LogP contribution < -0.4 is 11.1 Å².